The summed E-state index contributed by atoms with van der Waals surface area (Å²) in [6.07, 6.45) is 68.9. The Morgan fingerprint density at radius 1 is 0.381 bits per heavy atom. The molecule has 0 radical (unpaired) electrons. The highest BCUT2D eigenvalue weighted by Crippen LogP contribution is 2.17. The Bertz CT molecular complexity index is 978. The molecule has 0 aromatic carbocycles. The first-order chi connectivity index (χ1) is 31.1. The average Bonchev–Trinajstić information content (AvgIpc) is 3.29. The first kappa shape index (κ1) is 61.6. The summed E-state index contributed by atoms with van der Waals surface area (Å²) in [4.78, 5) is 12.5. The number of allylic oxidation sites excluding steroid dienone is 6. The number of aliphatic hydroxyl groups excluding tert-OH is 3. The quantitative estimate of drug-likeness (QED) is 0.0362. The number of carbonyl (C=O) groups is 1. The standard InChI is InChI=1S/C58H111NO4/c1-3-5-7-9-11-13-15-17-19-20-21-22-23-24-25-26-27-28-29-30-31-32-33-34-35-36-37-38-39-41-43-45-47-49-51-53-57(62)59-55(54-60)58(63)56(61)52-50-48-46-44-42-40-18-16-14-12-10-8-6-4-2/h16,18,26-27,44,46,55-56,58,60-61,63H,3-15,17,19-25,28-43,45,47-54H2,1-2H3,(H,59,62)/b18-16+,27-26-,46-44+. The summed E-state index contributed by atoms with van der Waals surface area (Å²) in [6.45, 7) is 4.17. The summed E-state index contributed by atoms with van der Waals surface area (Å²) in [5, 5.41) is 33.6. The van der Waals surface area contributed by atoms with E-state index >= 15 is 0 Å². The summed E-state index contributed by atoms with van der Waals surface area (Å²) >= 11 is 0. The lowest BCUT2D eigenvalue weighted by atomic mass is 10.0. The van der Waals surface area contributed by atoms with Gasteiger partial charge in [-0.05, 0) is 77.0 Å². The number of hydrogen-bond donors (Lipinski definition) is 4. The molecule has 5 nitrogen and oxygen atoms in total. The topological polar surface area (TPSA) is 89.8 Å². The summed E-state index contributed by atoms with van der Waals surface area (Å²) in [5.74, 6) is -0.155. The van der Waals surface area contributed by atoms with Gasteiger partial charge in [-0.25, -0.2) is 0 Å². The molecule has 0 aromatic rings. The van der Waals surface area contributed by atoms with Crippen molar-refractivity contribution in [1.29, 1.82) is 0 Å². The molecule has 0 bridgehead atoms. The summed E-state index contributed by atoms with van der Waals surface area (Å²) in [6, 6.07) is -0.831. The summed E-state index contributed by atoms with van der Waals surface area (Å²) < 4.78 is 0. The molecule has 63 heavy (non-hydrogen) atoms. The van der Waals surface area contributed by atoms with Crippen LogP contribution in [-0.2, 0) is 4.79 Å². The van der Waals surface area contributed by atoms with Gasteiger partial charge in [-0.15, -0.1) is 0 Å². The van der Waals surface area contributed by atoms with E-state index in [1.807, 2.05) is 0 Å². The number of carbonyl (C=O) groups excluding carboxylic acids is 1. The molecule has 3 unspecified atom stereocenters. The van der Waals surface area contributed by atoms with Gasteiger partial charge in [-0.3, -0.25) is 4.79 Å². The van der Waals surface area contributed by atoms with E-state index in [1.54, 1.807) is 0 Å². The van der Waals surface area contributed by atoms with Crippen LogP contribution in [0.1, 0.15) is 303 Å². The molecule has 372 valence electrons. The summed E-state index contributed by atoms with van der Waals surface area (Å²) in [5.41, 5.74) is 0. The Morgan fingerprint density at radius 2 is 0.651 bits per heavy atom. The van der Waals surface area contributed by atoms with Crippen LogP contribution in [0.2, 0.25) is 0 Å². The molecule has 0 aromatic heterocycles. The third kappa shape index (κ3) is 48.3. The second-order valence-corrected chi connectivity index (χ2v) is 19.5. The monoisotopic (exact) mass is 886 g/mol. The van der Waals surface area contributed by atoms with Crippen LogP contribution >= 0.6 is 0 Å². The highest BCUT2D eigenvalue weighted by molar-refractivity contribution is 5.76. The van der Waals surface area contributed by atoms with Gasteiger partial charge in [0, 0.05) is 6.42 Å². The third-order valence-corrected chi connectivity index (χ3v) is 13.2. The Balaban J connectivity index is 3.48. The van der Waals surface area contributed by atoms with Gasteiger partial charge < -0.3 is 20.6 Å². The maximum absolute atomic E-state index is 12.5. The highest BCUT2D eigenvalue weighted by Gasteiger charge is 2.26. The lowest BCUT2D eigenvalue weighted by molar-refractivity contribution is -0.124. The van der Waals surface area contributed by atoms with E-state index in [-0.39, 0.29) is 12.5 Å². The van der Waals surface area contributed by atoms with Crippen molar-refractivity contribution in [3.63, 3.8) is 0 Å². The number of amides is 1. The summed E-state index contributed by atoms with van der Waals surface area (Å²) in [7, 11) is 0. The molecule has 0 spiro atoms. The van der Waals surface area contributed by atoms with Gasteiger partial charge in [0.1, 0.15) is 6.10 Å². The minimum absolute atomic E-state index is 0.155. The minimum Gasteiger partial charge on any atom is -0.394 e. The van der Waals surface area contributed by atoms with Crippen molar-refractivity contribution in [1.82, 2.24) is 5.32 Å². The number of unbranched alkanes of at least 4 members (excludes halogenated alkanes) is 38. The molecule has 4 N–H and O–H groups in total. The fourth-order valence-electron chi connectivity index (χ4n) is 8.82. The maximum Gasteiger partial charge on any atom is 0.220 e. The number of rotatable bonds is 52. The van der Waals surface area contributed by atoms with Crippen LogP contribution in [0, 0.1) is 0 Å². The van der Waals surface area contributed by atoms with Crippen molar-refractivity contribution < 1.29 is 20.1 Å². The van der Waals surface area contributed by atoms with Crippen LogP contribution in [0.25, 0.3) is 0 Å². The molecule has 0 heterocycles. The van der Waals surface area contributed by atoms with E-state index < -0.39 is 18.2 Å². The zero-order valence-electron chi connectivity index (χ0n) is 42.5. The molecule has 0 aliphatic carbocycles. The number of aliphatic hydroxyl groups is 3. The largest absolute Gasteiger partial charge is 0.394 e. The zero-order chi connectivity index (χ0) is 45.8. The van der Waals surface area contributed by atoms with Gasteiger partial charge in [0.05, 0.1) is 18.8 Å². The first-order valence-corrected chi connectivity index (χ1v) is 28.3. The predicted molar refractivity (Wildman–Crippen MR) is 278 cm³/mol. The molecule has 5 heteroatoms. The molecule has 0 saturated heterocycles. The molecule has 0 saturated carbocycles. The fraction of sp³-hybridized carbons (Fsp3) is 0.879. The lowest BCUT2D eigenvalue weighted by Crippen LogP contribution is -2.50. The second-order valence-electron chi connectivity index (χ2n) is 19.5. The van der Waals surface area contributed by atoms with Gasteiger partial charge in [0.25, 0.3) is 0 Å². The van der Waals surface area contributed by atoms with Crippen molar-refractivity contribution in [2.75, 3.05) is 6.61 Å². The minimum atomic E-state index is -1.17. The van der Waals surface area contributed by atoms with Gasteiger partial charge in [-0.1, -0.05) is 256 Å². The Hall–Kier alpha value is -1.43. The third-order valence-electron chi connectivity index (χ3n) is 13.2. The highest BCUT2D eigenvalue weighted by atomic mass is 16.3. The Morgan fingerprint density at radius 3 is 0.968 bits per heavy atom. The zero-order valence-corrected chi connectivity index (χ0v) is 42.5. The normalized spacial score (nSPS) is 13.5. The molecule has 3 atom stereocenters. The van der Waals surface area contributed by atoms with Crippen LogP contribution in [0.5, 0.6) is 0 Å². The molecular weight excluding hydrogens is 775 g/mol. The van der Waals surface area contributed by atoms with Crippen LogP contribution in [0.3, 0.4) is 0 Å². The van der Waals surface area contributed by atoms with E-state index in [4.69, 9.17) is 0 Å². The molecule has 1 amide bonds. The Kier molecular flexibility index (Phi) is 52.0. The van der Waals surface area contributed by atoms with E-state index in [1.165, 1.54) is 231 Å². The van der Waals surface area contributed by atoms with E-state index in [9.17, 15) is 20.1 Å². The lowest BCUT2D eigenvalue weighted by Gasteiger charge is -2.26. The van der Waals surface area contributed by atoms with Crippen LogP contribution < -0.4 is 5.32 Å². The van der Waals surface area contributed by atoms with Crippen molar-refractivity contribution in [3.05, 3.63) is 36.5 Å². The Labute approximate surface area is 394 Å². The first-order valence-electron chi connectivity index (χ1n) is 28.3. The van der Waals surface area contributed by atoms with Gasteiger partial charge in [0.2, 0.25) is 5.91 Å². The average molecular weight is 887 g/mol. The SMILES string of the molecule is CCCCCCC/C=C/CC/C=C/CCCC(O)C(O)C(CO)NC(=O)CCCCCCCCCCCCCCCCCCC/C=C\CCCCCCCCCCCCCCCC. The van der Waals surface area contributed by atoms with Crippen molar-refractivity contribution >= 4 is 5.91 Å². The van der Waals surface area contributed by atoms with E-state index in [2.05, 4.69) is 55.6 Å². The molecule has 0 aliphatic rings. The van der Waals surface area contributed by atoms with E-state index in [0.29, 0.717) is 12.8 Å². The smallest absolute Gasteiger partial charge is 0.220 e. The second kappa shape index (κ2) is 53.2. The van der Waals surface area contributed by atoms with E-state index in [0.717, 1.165) is 44.9 Å². The molecular formula is C58H111NO4. The van der Waals surface area contributed by atoms with Crippen LogP contribution in [0.4, 0.5) is 0 Å². The van der Waals surface area contributed by atoms with Crippen molar-refractivity contribution in [2.24, 2.45) is 0 Å². The van der Waals surface area contributed by atoms with Crippen LogP contribution in [0.15, 0.2) is 36.5 Å². The van der Waals surface area contributed by atoms with Crippen molar-refractivity contribution in [3.8, 4) is 0 Å². The molecule has 0 rings (SSSR count). The van der Waals surface area contributed by atoms with Gasteiger partial charge in [0.15, 0.2) is 0 Å². The van der Waals surface area contributed by atoms with Gasteiger partial charge in [-0.2, -0.15) is 0 Å². The number of nitrogens with one attached hydrogen (secondary N) is 1. The number of hydrogen-bond acceptors (Lipinski definition) is 4. The van der Waals surface area contributed by atoms with Crippen LogP contribution in [-0.4, -0.2) is 46.1 Å². The molecule has 0 fully saturated rings. The predicted octanol–water partition coefficient (Wildman–Crippen LogP) is 17.4. The van der Waals surface area contributed by atoms with Gasteiger partial charge >= 0.3 is 0 Å². The van der Waals surface area contributed by atoms with Crippen molar-refractivity contribution in [2.45, 2.75) is 321 Å². The fourth-order valence-corrected chi connectivity index (χ4v) is 8.82. The maximum atomic E-state index is 12.5. The molecule has 0 aliphatic heterocycles.